The summed E-state index contributed by atoms with van der Waals surface area (Å²) in [5.74, 6) is 0.699. The summed E-state index contributed by atoms with van der Waals surface area (Å²) >= 11 is 5.84. The SMILES string of the molecule is Nc1c(C(=NCC23CCCN2CC(F)C3)N2CCCCC3CC32)cnc(Cl)c1F. The lowest BCUT2D eigenvalue weighted by atomic mass is 9.93. The van der Waals surface area contributed by atoms with Crippen molar-refractivity contribution in [2.75, 3.05) is 31.9 Å². The van der Waals surface area contributed by atoms with Crippen molar-refractivity contribution in [3.05, 3.63) is 22.7 Å². The van der Waals surface area contributed by atoms with Crippen LogP contribution in [0.1, 0.15) is 50.5 Å². The van der Waals surface area contributed by atoms with E-state index in [0.717, 1.165) is 38.8 Å². The summed E-state index contributed by atoms with van der Waals surface area (Å²) in [6.45, 7) is 2.82. The van der Waals surface area contributed by atoms with Gasteiger partial charge >= 0.3 is 0 Å². The number of alkyl halides is 1. The van der Waals surface area contributed by atoms with Gasteiger partial charge in [-0.15, -0.1) is 0 Å². The van der Waals surface area contributed by atoms with E-state index < -0.39 is 12.0 Å². The average molecular weight is 424 g/mol. The second-order valence-corrected chi connectivity index (χ2v) is 9.52. The van der Waals surface area contributed by atoms with Crippen molar-refractivity contribution in [1.29, 1.82) is 0 Å². The number of pyridine rings is 1. The zero-order valence-corrected chi connectivity index (χ0v) is 17.3. The third-order valence-electron chi connectivity index (χ3n) is 7.32. The largest absolute Gasteiger partial charge is 0.396 e. The van der Waals surface area contributed by atoms with E-state index >= 15 is 0 Å². The van der Waals surface area contributed by atoms with Crippen LogP contribution in [0.25, 0.3) is 0 Å². The van der Waals surface area contributed by atoms with Crippen LogP contribution < -0.4 is 5.73 Å². The van der Waals surface area contributed by atoms with E-state index in [2.05, 4.69) is 14.8 Å². The normalized spacial score (nSPS) is 34.8. The van der Waals surface area contributed by atoms with Gasteiger partial charge in [-0.1, -0.05) is 18.0 Å². The number of likely N-dealkylation sites (tertiary alicyclic amines) is 1. The molecular formula is C21H28ClF2N5. The van der Waals surface area contributed by atoms with Crippen LogP contribution in [0.15, 0.2) is 11.2 Å². The highest BCUT2D eigenvalue weighted by atomic mass is 35.5. The van der Waals surface area contributed by atoms with Crippen molar-refractivity contribution in [2.24, 2.45) is 10.9 Å². The molecule has 1 aromatic heterocycles. The summed E-state index contributed by atoms with van der Waals surface area (Å²) in [6.07, 6.45) is 7.97. The fourth-order valence-electron chi connectivity index (χ4n) is 5.72. The molecule has 5 rings (SSSR count). The predicted molar refractivity (Wildman–Crippen MR) is 111 cm³/mol. The van der Waals surface area contributed by atoms with E-state index in [9.17, 15) is 8.78 Å². The molecule has 1 saturated carbocycles. The predicted octanol–water partition coefficient (Wildman–Crippen LogP) is 3.65. The first kappa shape index (κ1) is 19.5. The monoisotopic (exact) mass is 423 g/mol. The second-order valence-electron chi connectivity index (χ2n) is 9.16. The van der Waals surface area contributed by atoms with Crippen LogP contribution in [0.2, 0.25) is 5.15 Å². The van der Waals surface area contributed by atoms with Gasteiger partial charge in [0.15, 0.2) is 11.0 Å². The number of aliphatic imine (C=N–C) groups is 1. The summed E-state index contributed by atoms with van der Waals surface area (Å²) in [6, 6.07) is 0.434. The van der Waals surface area contributed by atoms with Gasteiger partial charge in [-0.25, -0.2) is 13.8 Å². The summed E-state index contributed by atoms with van der Waals surface area (Å²) in [5.41, 5.74) is 6.42. The van der Waals surface area contributed by atoms with Crippen LogP contribution in [0.5, 0.6) is 0 Å². The standard InChI is InChI=1S/C21H28ClF2N5/c22-19-17(24)18(25)15(10-26-19)20(29-7-2-1-4-13-8-16(13)29)27-12-21-5-3-6-28(21)11-14(23)9-21/h10,13-14,16H,1-9,11-12H2,(H2,25,26). The number of hydrogen-bond donors (Lipinski definition) is 1. The number of halogens is 3. The van der Waals surface area contributed by atoms with E-state index in [1.54, 1.807) is 6.20 Å². The van der Waals surface area contributed by atoms with Crippen LogP contribution in [-0.2, 0) is 0 Å². The van der Waals surface area contributed by atoms with Gasteiger partial charge in [0.05, 0.1) is 17.8 Å². The maximum absolute atomic E-state index is 14.5. The lowest BCUT2D eigenvalue weighted by Gasteiger charge is -2.32. The topological polar surface area (TPSA) is 57.8 Å². The number of rotatable bonds is 3. The first-order valence-electron chi connectivity index (χ1n) is 10.8. The number of anilines is 1. The van der Waals surface area contributed by atoms with Gasteiger partial charge < -0.3 is 10.6 Å². The van der Waals surface area contributed by atoms with Crippen LogP contribution in [0, 0.1) is 11.7 Å². The zero-order valence-electron chi connectivity index (χ0n) is 16.6. The number of aromatic nitrogens is 1. The van der Waals surface area contributed by atoms with Gasteiger partial charge in [-0.05, 0) is 51.0 Å². The van der Waals surface area contributed by atoms with E-state index in [4.69, 9.17) is 22.3 Å². The van der Waals surface area contributed by atoms with Crippen LogP contribution in [0.4, 0.5) is 14.5 Å². The molecule has 3 aliphatic heterocycles. The Labute approximate surface area is 175 Å². The fraction of sp³-hybridized carbons (Fsp3) is 0.714. The minimum absolute atomic E-state index is 0.000708. The first-order valence-corrected chi connectivity index (χ1v) is 11.2. The molecule has 4 fully saturated rings. The Morgan fingerprint density at radius 2 is 2.21 bits per heavy atom. The van der Waals surface area contributed by atoms with Gasteiger partial charge in [-0.2, -0.15) is 0 Å². The van der Waals surface area contributed by atoms with Crippen molar-refractivity contribution in [3.8, 4) is 0 Å². The van der Waals surface area contributed by atoms with Gasteiger partial charge in [0.25, 0.3) is 0 Å². The molecule has 4 unspecified atom stereocenters. The number of hydrogen-bond acceptors (Lipinski definition) is 4. The summed E-state index contributed by atoms with van der Waals surface area (Å²) in [4.78, 5) is 13.6. The van der Waals surface area contributed by atoms with E-state index in [0.29, 0.717) is 42.9 Å². The Kier molecular flexibility index (Phi) is 4.93. The Hall–Kier alpha value is -1.47. The van der Waals surface area contributed by atoms with Crippen molar-refractivity contribution in [1.82, 2.24) is 14.8 Å². The minimum atomic E-state index is -0.792. The second kappa shape index (κ2) is 7.34. The molecule has 1 aliphatic carbocycles. The molecule has 1 aromatic rings. The smallest absolute Gasteiger partial charge is 0.184 e. The molecule has 0 amide bonds. The van der Waals surface area contributed by atoms with Crippen molar-refractivity contribution < 1.29 is 8.78 Å². The van der Waals surface area contributed by atoms with Crippen LogP contribution in [0.3, 0.4) is 0 Å². The van der Waals surface area contributed by atoms with Crippen LogP contribution in [-0.4, -0.2) is 64.6 Å². The van der Waals surface area contributed by atoms with E-state index in [1.165, 1.54) is 12.8 Å². The molecule has 0 bridgehead atoms. The molecule has 4 heterocycles. The quantitative estimate of drug-likeness (QED) is 0.458. The van der Waals surface area contributed by atoms with E-state index in [1.807, 2.05) is 0 Å². The first-order chi connectivity index (χ1) is 14.0. The number of amidine groups is 1. The zero-order chi connectivity index (χ0) is 20.2. The van der Waals surface area contributed by atoms with Crippen molar-refractivity contribution in [3.63, 3.8) is 0 Å². The molecule has 8 heteroatoms. The third kappa shape index (κ3) is 3.40. The Balaban J connectivity index is 1.52. The van der Waals surface area contributed by atoms with Gasteiger partial charge in [0, 0.05) is 30.9 Å². The molecule has 29 heavy (non-hydrogen) atoms. The molecule has 0 radical (unpaired) electrons. The van der Waals surface area contributed by atoms with Crippen LogP contribution >= 0.6 is 11.6 Å². The van der Waals surface area contributed by atoms with Gasteiger partial charge in [-0.3, -0.25) is 9.89 Å². The number of fused-ring (bicyclic) bond motifs is 2. The lowest BCUT2D eigenvalue weighted by molar-refractivity contribution is 0.203. The summed E-state index contributed by atoms with van der Waals surface area (Å²) < 4.78 is 28.6. The average Bonchev–Trinajstić information content (AvgIpc) is 3.30. The maximum atomic E-state index is 14.5. The fourth-order valence-corrected chi connectivity index (χ4v) is 5.87. The molecule has 4 aliphatic rings. The number of nitrogens with two attached hydrogens (primary N) is 1. The van der Waals surface area contributed by atoms with Gasteiger partial charge in [0.2, 0.25) is 0 Å². The minimum Gasteiger partial charge on any atom is -0.396 e. The van der Waals surface area contributed by atoms with Crippen molar-refractivity contribution in [2.45, 2.75) is 62.7 Å². The molecule has 158 valence electrons. The Bertz CT molecular complexity index is 834. The number of nitrogens with zero attached hydrogens (tertiary/aromatic N) is 4. The molecule has 3 saturated heterocycles. The highest BCUT2D eigenvalue weighted by molar-refractivity contribution is 6.30. The summed E-state index contributed by atoms with van der Waals surface area (Å²) in [7, 11) is 0. The van der Waals surface area contributed by atoms with Crippen molar-refractivity contribution >= 4 is 23.1 Å². The van der Waals surface area contributed by atoms with Gasteiger partial charge in [0.1, 0.15) is 12.0 Å². The molecule has 0 aromatic carbocycles. The maximum Gasteiger partial charge on any atom is 0.184 e. The summed E-state index contributed by atoms with van der Waals surface area (Å²) in [5, 5.41) is -0.220. The molecule has 5 nitrogen and oxygen atoms in total. The Morgan fingerprint density at radius 3 is 3.07 bits per heavy atom. The molecule has 2 N–H and O–H groups in total. The third-order valence-corrected chi connectivity index (χ3v) is 7.58. The number of nitrogen functional groups attached to an aromatic ring is 1. The molecule has 4 atom stereocenters. The Morgan fingerprint density at radius 1 is 1.34 bits per heavy atom. The highest BCUT2D eigenvalue weighted by Crippen LogP contribution is 2.44. The highest BCUT2D eigenvalue weighted by Gasteiger charge is 2.49. The molecular weight excluding hydrogens is 396 g/mol. The lowest BCUT2D eigenvalue weighted by Crippen LogP contribution is -2.42. The molecule has 0 spiro atoms. The van der Waals surface area contributed by atoms with E-state index in [-0.39, 0.29) is 16.4 Å².